The van der Waals surface area contributed by atoms with Crippen molar-refractivity contribution in [2.24, 2.45) is 5.92 Å². The summed E-state index contributed by atoms with van der Waals surface area (Å²) < 4.78 is 11.2. The quantitative estimate of drug-likeness (QED) is 0.852. The highest BCUT2D eigenvalue weighted by Gasteiger charge is 2.23. The van der Waals surface area contributed by atoms with Crippen LogP contribution in [0.15, 0.2) is 26.8 Å². The van der Waals surface area contributed by atoms with Crippen LogP contribution >= 0.6 is 15.9 Å². The van der Waals surface area contributed by atoms with Crippen LogP contribution in [-0.4, -0.2) is 22.2 Å². The van der Waals surface area contributed by atoms with Crippen LogP contribution in [0.5, 0.6) is 5.88 Å². The molecule has 0 atom stereocenters. The highest BCUT2D eigenvalue weighted by Crippen LogP contribution is 2.37. The molecule has 6 heteroatoms. The molecule has 2 aromatic rings. The molecule has 3 rings (SSSR count). The van der Waals surface area contributed by atoms with Crippen molar-refractivity contribution in [3.63, 3.8) is 0 Å². The van der Waals surface area contributed by atoms with Crippen molar-refractivity contribution < 1.29 is 9.26 Å². The van der Waals surface area contributed by atoms with Gasteiger partial charge >= 0.3 is 0 Å². The van der Waals surface area contributed by atoms with Gasteiger partial charge in [0.05, 0.1) is 11.6 Å². The van der Waals surface area contributed by atoms with E-state index in [0.29, 0.717) is 23.5 Å². The van der Waals surface area contributed by atoms with Gasteiger partial charge in [-0.3, -0.25) is 0 Å². The maximum Gasteiger partial charge on any atom is 0.250 e. The van der Waals surface area contributed by atoms with Crippen molar-refractivity contribution >= 4 is 22.0 Å². The molecule has 0 saturated heterocycles. The third kappa shape index (κ3) is 2.60. The average Bonchev–Trinajstić information content (AvgIpc) is 3.20. The van der Waals surface area contributed by atoms with Gasteiger partial charge in [-0.15, -0.1) is 0 Å². The van der Waals surface area contributed by atoms with E-state index in [1.165, 1.54) is 18.4 Å². The van der Waals surface area contributed by atoms with E-state index in [2.05, 4.69) is 38.0 Å². The second kappa shape index (κ2) is 5.36. The monoisotopic (exact) mass is 335 g/mol. The Labute approximate surface area is 125 Å². The van der Waals surface area contributed by atoms with Crippen LogP contribution in [0.25, 0.3) is 17.5 Å². The Morgan fingerprint density at radius 1 is 1.50 bits per heavy atom. The van der Waals surface area contributed by atoms with Crippen LogP contribution in [0.1, 0.15) is 25.7 Å². The zero-order valence-corrected chi connectivity index (χ0v) is 12.8. The summed E-state index contributed by atoms with van der Waals surface area (Å²) in [5.41, 5.74) is 2.09. The second-order valence-corrected chi connectivity index (χ2v) is 5.59. The van der Waals surface area contributed by atoms with Gasteiger partial charge in [0, 0.05) is 17.8 Å². The fourth-order valence-electron chi connectivity index (χ4n) is 1.99. The number of rotatable bonds is 4. The van der Waals surface area contributed by atoms with E-state index in [9.17, 15) is 0 Å². The summed E-state index contributed by atoms with van der Waals surface area (Å²) in [5.74, 6) is 2.25. The Balaban J connectivity index is 1.92. The van der Waals surface area contributed by atoms with Crippen molar-refractivity contribution in [1.29, 1.82) is 0 Å². The van der Waals surface area contributed by atoms with Crippen molar-refractivity contribution in [3.8, 4) is 17.3 Å². The van der Waals surface area contributed by atoms with Crippen LogP contribution in [0, 0.1) is 5.92 Å². The Kier molecular flexibility index (Phi) is 3.56. The van der Waals surface area contributed by atoms with E-state index in [1.807, 2.05) is 12.1 Å². The molecule has 0 bridgehead atoms. The van der Waals surface area contributed by atoms with E-state index in [1.54, 1.807) is 13.3 Å². The number of pyridine rings is 1. The number of ether oxygens (including phenoxy) is 1. The van der Waals surface area contributed by atoms with E-state index in [4.69, 9.17) is 9.26 Å². The number of allylic oxidation sites excluding steroid dienone is 1. The minimum absolute atomic E-state index is 0.499. The zero-order chi connectivity index (χ0) is 14.1. The Morgan fingerprint density at radius 3 is 3.00 bits per heavy atom. The third-order valence-electron chi connectivity index (χ3n) is 3.31. The molecule has 0 aliphatic heterocycles. The number of hydrogen-bond acceptors (Lipinski definition) is 5. The fourth-order valence-corrected chi connectivity index (χ4v) is 2.57. The van der Waals surface area contributed by atoms with Crippen molar-refractivity contribution in [3.05, 3.63) is 28.2 Å². The Hall–Kier alpha value is -1.69. The van der Waals surface area contributed by atoms with Crippen LogP contribution in [0.2, 0.25) is 0 Å². The number of halogens is 1. The predicted octanol–water partition coefficient (Wildman–Crippen LogP) is 3.72. The maximum atomic E-state index is 5.28. The van der Waals surface area contributed by atoms with Crippen LogP contribution in [-0.2, 0) is 0 Å². The normalized spacial score (nSPS) is 15.4. The standard InChI is InChI=1S/C14H14BrN3O2/c1-8(9-3-4-9)7-11-17-13(18-20-11)10-5-6-16-14(19-2)12(10)15/h5-7,9H,3-4H2,1-2H3/b8-7+. The summed E-state index contributed by atoms with van der Waals surface area (Å²) in [5, 5.41) is 4.01. The summed E-state index contributed by atoms with van der Waals surface area (Å²) in [6, 6.07) is 1.82. The van der Waals surface area contributed by atoms with Gasteiger partial charge in [0.15, 0.2) is 0 Å². The lowest BCUT2D eigenvalue weighted by atomic mass is 10.2. The van der Waals surface area contributed by atoms with Gasteiger partial charge in [-0.25, -0.2) is 4.98 Å². The van der Waals surface area contributed by atoms with Crippen LogP contribution in [0.3, 0.4) is 0 Å². The molecule has 0 spiro atoms. The molecule has 0 amide bonds. The first-order valence-corrected chi connectivity index (χ1v) is 7.19. The summed E-state index contributed by atoms with van der Waals surface area (Å²) in [4.78, 5) is 8.50. The molecule has 1 saturated carbocycles. The molecule has 1 aliphatic carbocycles. The molecule has 0 unspecified atom stereocenters. The van der Waals surface area contributed by atoms with Gasteiger partial charge in [-0.2, -0.15) is 4.98 Å². The summed E-state index contributed by atoms with van der Waals surface area (Å²) in [6.07, 6.45) is 6.13. The molecule has 1 aliphatic rings. The molecular formula is C14H14BrN3O2. The predicted molar refractivity (Wildman–Crippen MR) is 78.2 cm³/mol. The van der Waals surface area contributed by atoms with Gasteiger partial charge < -0.3 is 9.26 Å². The second-order valence-electron chi connectivity index (χ2n) is 4.80. The lowest BCUT2D eigenvalue weighted by Gasteiger charge is -2.03. The molecule has 5 nitrogen and oxygen atoms in total. The molecule has 0 aromatic carbocycles. The average molecular weight is 336 g/mol. The molecule has 1 fully saturated rings. The van der Waals surface area contributed by atoms with Crippen molar-refractivity contribution in [1.82, 2.24) is 15.1 Å². The van der Waals surface area contributed by atoms with Gasteiger partial charge in [-0.1, -0.05) is 10.7 Å². The number of methoxy groups -OCH3 is 1. The summed E-state index contributed by atoms with van der Waals surface area (Å²) in [6.45, 7) is 2.10. The van der Waals surface area contributed by atoms with Gasteiger partial charge in [0.1, 0.15) is 0 Å². The lowest BCUT2D eigenvalue weighted by molar-refractivity contribution is 0.395. The highest BCUT2D eigenvalue weighted by molar-refractivity contribution is 9.10. The summed E-state index contributed by atoms with van der Waals surface area (Å²) in [7, 11) is 1.57. The van der Waals surface area contributed by atoms with Crippen molar-refractivity contribution in [2.45, 2.75) is 19.8 Å². The van der Waals surface area contributed by atoms with E-state index in [-0.39, 0.29) is 0 Å². The number of nitrogens with zero attached hydrogens (tertiary/aromatic N) is 3. The first-order valence-electron chi connectivity index (χ1n) is 6.40. The first kappa shape index (κ1) is 13.3. The van der Waals surface area contributed by atoms with E-state index >= 15 is 0 Å². The maximum absolute atomic E-state index is 5.28. The number of aromatic nitrogens is 3. The highest BCUT2D eigenvalue weighted by atomic mass is 79.9. The molecule has 0 radical (unpaired) electrons. The minimum Gasteiger partial charge on any atom is -0.480 e. The lowest BCUT2D eigenvalue weighted by Crippen LogP contribution is -1.91. The SMILES string of the molecule is COc1nccc(-c2noc(/C=C(\C)C3CC3)n2)c1Br. The molecule has 2 aromatic heterocycles. The van der Waals surface area contributed by atoms with Crippen LogP contribution in [0.4, 0.5) is 0 Å². The third-order valence-corrected chi connectivity index (χ3v) is 4.07. The first-order chi connectivity index (χ1) is 9.69. The minimum atomic E-state index is 0.499. The zero-order valence-electron chi connectivity index (χ0n) is 11.3. The van der Waals surface area contributed by atoms with Gasteiger partial charge in [0.2, 0.25) is 11.7 Å². The molecule has 104 valence electrons. The fraction of sp³-hybridized carbons (Fsp3) is 0.357. The molecule has 2 heterocycles. The molecule has 20 heavy (non-hydrogen) atoms. The smallest absolute Gasteiger partial charge is 0.250 e. The van der Waals surface area contributed by atoms with E-state index in [0.717, 1.165) is 10.0 Å². The topological polar surface area (TPSA) is 61.0 Å². The van der Waals surface area contributed by atoms with Crippen molar-refractivity contribution in [2.75, 3.05) is 7.11 Å². The molecule has 0 N–H and O–H groups in total. The Bertz CT molecular complexity index is 662. The molecular weight excluding hydrogens is 322 g/mol. The van der Waals surface area contributed by atoms with Crippen LogP contribution < -0.4 is 4.74 Å². The Morgan fingerprint density at radius 2 is 2.30 bits per heavy atom. The largest absolute Gasteiger partial charge is 0.480 e. The van der Waals surface area contributed by atoms with E-state index < -0.39 is 0 Å². The summed E-state index contributed by atoms with van der Waals surface area (Å²) >= 11 is 3.45. The number of hydrogen-bond donors (Lipinski definition) is 0. The van der Waals surface area contributed by atoms with Gasteiger partial charge in [-0.05, 0) is 47.7 Å². The van der Waals surface area contributed by atoms with Gasteiger partial charge in [0.25, 0.3) is 5.89 Å².